The first kappa shape index (κ1) is 14.3. The van der Waals surface area contributed by atoms with Gasteiger partial charge in [0, 0.05) is 17.0 Å². The SMILES string of the molecule is ClCc1cccc(-c2cc(Cl)c(Cl)cc2Cl)c1Cl. The van der Waals surface area contributed by atoms with Crippen LogP contribution in [0.3, 0.4) is 0 Å². The quantitative estimate of drug-likeness (QED) is 0.421. The van der Waals surface area contributed by atoms with Gasteiger partial charge in [-0.3, -0.25) is 0 Å². The molecule has 0 N–H and O–H groups in total. The molecule has 0 heterocycles. The van der Waals surface area contributed by atoms with E-state index in [1.165, 1.54) is 0 Å². The van der Waals surface area contributed by atoms with Crippen LogP contribution in [0.15, 0.2) is 30.3 Å². The fourth-order valence-electron chi connectivity index (χ4n) is 1.62. The van der Waals surface area contributed by atoms with Crippen molar-refractivity contribution in [1.29, 1.82) is 0 Å². The van der Waals surface area contributed by atoms with E-state index >= 15 is 0 Å². The zero-order valence-corrected chi connectivity index (χ0v) is 12.8. The molecule has 5 heteroatoms. The molecule has 0 unspecified atom stereocenters. The molecular weight excluding hydrogens is 333 g/mol. The van der Waals surface area contributed by atoms with Gasteiger partial charge in [-0.05, 0) is 17.7 Å². The van der Waals surface area contributed by atoms with Crippen molar-refractivity contribution >= 4 is 58.0 Å². The first-order chi connectivity index (χ1) is 8.54. The smallest absolute Gasteiger partial charge is 0.0607 e. The minimum absolute atomic E-state index is 0.339. The topological polar surface area (TPSA) is 0 Å². The molecule has 0 bridgehead atoms. The van der Waals surface area contributed by atoms with Crippen LogP contribution in [-0.2, 0) is 5.88 Å². The normalized spacial score (nSPS) is 10.7. The summed E-state index contributed by atoms with van der Waals surface area (Å²) in [6.07, 6.45) is 0. The maximum atomic E-state index is 6.29. The van der Waals surface area contributed by atoms with Gasteiger partial charge in [-0.2, -0.15) is 0 Å². The van der Waals surface area contributed by atoms with Crippen molar-refractivity contribution in [2.24, 2.45) is 0 Å². The van der Waals surface area contributed by atoms with Crippen LogP contribution in [-0.4, -0.2) is 0 Å². The van der Waals surface area contributed by atoms with Crippen LogP contribution < -0.4 is 0 Å². The van der Waals surface area contributed by atoms with Gasteiger partial charge < -0.3 is 0 Å². The Bertz CT molecular complexity index is 592. The molecule has 0 aliphatic rings. The van der Waals surface area contributed by atoms with Crippen LogP contribution >= 0.6 is 58.0 Å². The minimum atomic E-state index is 0.339. The summed E-state index contributed by atoms with van der Waals surface area (Å²) in [6, 6.07) is 8.90. The third-order valence-corrected chi connectivity index (χ3v) is 4.29. The maximum absolute atomic E-state index is 6.29. The average Bonchev–Trinajstić information content (AvgIpc) is 2.34. The van der Waals surface area contributed by atoms with Crippen molar-refractivity contribution in [2.45, 2.75) is 5.88 Å². The Labute approximate surface area is 130 Å². The van der Waals surface area contributed by atoms with Crippen molar-refractivity contribution in [3.05, 3.63) is 56.0 Å². The molecule has 94 valence electrons. The van der Waals surface area contributed by atoms with E-state index in [-0.39, 0.29) is 0 Å². The highest BCUT2D eigenvalue weighted by atomic mass is 35.5. The Kier molecular flexibility index (Phi) is 4.69. The van der Waals surface area contributed by atoms with E-state index in [4.69, 9.17) is 58.0 Å². The molecule has 0 nitrogen and oxygen atoms in total. The molecule has 0 radical (unpaired) electrons. The molecule has 2 aromatic rings. The highest BCUT2D eigenvalue weighted by molar-refractivity contribution is 6.44. The van der Waals surface area contributed by atoms with Gasteiger partial charge in [-0.25, -0.2) is 0 Å². The Balaban J connectivity index is 2.66. The van der Waals surface area contributed by atoms with E-state index in [0.29, 0.717) is 26.0 Å². The van der Waals surface area contributed by atoms with Crippen LogP contribution in [0.4, 0.5) is 0 Å². The molecule has 0 saturated carbocycles. The zero-order valence-electron chi connectivity index (χ0n) is 8.98. The number of alkyl halides is 1. The van der Waals surface area contributed by atoms with E-state index in [9.17, 15) is 0 Å². The molecule has 0 aliphatic carbocycles. The second kappa shape index (κ2) is 5.90. The molecule has 0 amide bonds. The molecule has 0 aromatic heterocycles. The van der Waals surface area contributed by atoms with Crippen LogP contribution in [0.25, 0.3) is 11.1 Å². The van der Waals surface area contributed by atoms with Gasteiger partial charge in [0.05, 0.1) is 20.1 Å². The Morgan fingerprint density at radius 1 is 0.778 bits per heavy atom. The minimum Gasteiger partial charge on any atom is -0.121 e. The van der Waals surface area contributed by atoms with E-state index in [2.05, 4.69) is 0 Å². The number of benzene rings is 2. The summed E-state index contributed by atoms with van der Waals surface area (Å²) >= 11 is 30.2. The monoisotopic (exact) mass is 338 g/mol. The molecule has 2 rings (SSSR count). The van der Waals surface area contributed by atoms with E-state index in [1.54, 1.807) is 12.1 Å². The van der Waals surface area contributed by atoms with Crippen molar-refractivity contribution in [3.8, 4) is 11.1 Å². The third-order valence-electron chi connectivity index (χ3n) is 2.52. The Morgan fingerprint density at radius 3 is 2.11 bits per heavy atom. The van der Waals surface area contributed by atoms with Gasteiger partial charge in [-0.1, -0.05) is 64.6 Å². The Morgan fingerprint density at radius 2 is 1.44 bits per heavy atom. The summed E-state index contributed by atoms with van der Waals surface area (Å²) in [5.41, 5.74) is 2.37. The summed E-state index contributed by atoms with van der Waals surface area (Å²) in [4.78, 5) is 0. The van der Waals surface area contributed by atoms with Gasteiger partial charge in [0.25, 0.3) is 0 Å². The maximum Gasteiger partial charge on any atom is 0.0607 e. The number of rotatable bonds is 2. The molecule has 0 aliphatic heterocycles. The predicted octanol–water partition coefficient (Wildman–Crippen LogP) is 6.71. The van der Waals surface area contributed by atoms with Gasteiger partial charge in [0.1, 0.15) is 0 Å². The van der Waals surface area contributed by atoms with Crippen LogP contribution in [0, 0.1) is 0 Å². The first-order valence-corrected chi connectivity index (χ1v) is 7.07. The van der Waals surface area contributed by atoms with Crippen LogP contribution in [0.5, 0.6) is 0 Å². The molecule has 2 aromatic carbocycles. The van der Waals surface area contributed by atoms with Gasteiger partial charge >= 0.3 is 0 Å². The summed E-state index contributed by atoms with van der Waals surface area (Å²) in [5.74, 6) is 0.339. The van der Waals surface area contributed by atoms with E-state index < -0.39 is 0 Å². The van der Waals surface area contributed by atoms with Crippen molar-refractivity contribution in [1.82, 2.24) is 0 Å². The summed E-state index contributed by atoms with van der Waals surface area (Å²) in [6.45, 7) is 0. The van der Waals surface area contributed by atoms with Crippen LogP contribution in [0.2, 0.25) is 20.1 Å². The molecule has 0 fully saturated rings. The molecule has 18 heavy (non-hydrogen) atoms. The van der Waals surface area contributed by atoms with Crippen LogP contribution in [0.1, 0.15) is 5.56 Å². The first-order valence-electron chi connectivity index (χ1n) is 5.03. The lowest BCUT2D eigenvalue weighted by Gasteiger charge is -2.11. The fourth-order valence-corrected chi connectivity index (χ4v) is 2.85. The average molecular weight is 340 g/mol. The van der Waals surface area contributed by atoms with Crippen molar-refractivity contribution in [2.75, 3.05) is 0 Å². The summed E-state index contributed by atoms with van der Waals surface area (Å²) < 4.78 is 0. The molecule has 0 spiro atoms. The second-order valence-corrected chi connectivity index (χ2v) is 5.53. The van der Waals surface area contributed by atoms with Gasteiger partial charge in [0.2, 0.25) is 0 Å². The van der Waals surface area contributed by atoms with Gasteiger partial charge in [0.15, 0.2) is 0 Å². The van der Waals surface area contributed by atoms with Crippen molar-refractivity contribution < 1.29 is 0 Å². The number of hydrogen-bond acceptors (Lipinski definition) is 0. The summed E-state index contributed by atoms with van der Waals surface area (Å²) in [5, 5.41) is 1.92. The fraction of sp³-hybridized carbons (Fsp3) is 0.0769. The molecular formula is C13H7Cl5. The Hall–Kier alpha value is -0.110. The van der Waals surface area contributed by atoms with E-state index in [1.807, 2.05) is 18.2 Å². The van der Waals surface area contributed by atoms with Crippen molar-refractivity contribution in [3.63, 3.8) is 0 Å². The lowest BCUT2D eigenvalue weighted by atomic mass is 10.0. The lowest BCUT2D eigenvalue weighted by Crippen LogP contribution is -1.87. The number of hydrogen-bond donors (Lipinski definition) is 0. The zero-order chi connectivity index (χ0) is 13.3. The second-order valence-electron chi connectivity index (χ2n) is 3.66. The van der Waals surface area contributed by atoms with E-state index in [0.717, 1.165) is 16.7 Å². The lowest BCUT2D eigenvalue weighted by molar-refractivity contribution is 1.40. The number of halogens is 5. The standard InChI is InChI=1S/C13H7Cl5/c14-6-7-2-1-3-8(13(7)18)9-4-11(16)12(17)5-10(9)15/h1-5H,6H2. The molecule has 0 atom stereocenters. The highest BCUT2D eigenvalue weighted by Crippen LogP contribution is 2.39. The highest BCUT2D eigenvalue weighted by Gasteiger charge is 2.12. The largest absolute Gasteiger partial charge is 0.121 e. The molecule has 0 saturated heterocycles. The summed E-state index contributed by atoms with van der Waals surface area (Å²) in [7, 11) is 0. The predicted molar refractivity (Wildman–Crippen MR) is 81.5 cm³/mol. The van der Waals surface area contributed by atoms with Gasteiger partial charge in [-0.15, -0.1) is 11.6 Å². The third kappa shape index (κ3) is 2.74.